The number of pyridine rings is 1. The molecule has 4 rings (SSSR count). The molecule has 7 heteroatoms. The molecule has 1 aliphatic rings. The lowest BCUT2D eigenvalue weighted by molar-refractivity contribution is 0.297. The van der Waals surface area contributed by atoms with Crippen LogP contribution in [0.4, 0.5) is 0 Å². The molecule has 5 nitrogen and oxygen atoms in total. The van der Waals surface area contributed by atoms with Crippen molar-refractivity contribution in [1.29, 1.82) is 0 Å². The van der Waals surface area contributed by atoms with E-state index in [1.165, 1.54) is 18.4 Å². The minimum absolute atomic E-state index is 0.0307. The maximum absolute atomic E-state index is 6.08. The average Bonchev–Trinajstić information content (AvgIpc) is 3.34. The Balaban J connectivity index is 1.44. The molecular formula is C21H24ClN5S. The Hall–Kier alpha value is -2.02. The van der Waals surface area contributed by atoms with Gasteiger partial charge in [0.2, 0.25) is 0 Å². The van der Waals surface area contributed by atoms with Crippen LogP contribution in [0.1, 0.15) is 36.9 Å². The summed E-state index contributed by atoms with van der Waals surface area (Å²) in [6.45, 7) is 1.37. The third-order valence-corrected chi connectivity index (χ3v) is 6.25. The van der Waals surface area contributed by atoms with Gasteiger partial charge in [-0.3, -0.25) is 10.3 Å². The second-order valence-electron chi connectivity index (χ2n) is 7.31. The van der Waals surface area contributed by atoms with E-state index in [4.69, 9.17) is 23.8 Å². The SMILES string of the molecule is S=c1n(CCc2ccccn2)cnn1CNC1(c2ccc(Cl)cc2)CCCC1. The van der Waals surface area contributed by atoms with E-state index in [-0.39, 0.29) is 5.54 Å². The number of halogens is 1. The largest absolute Gasteiger partial charge is 0.306 e. The van der Waals surface area contributed by atoms with Gasteiger partial charge in [0, 0.05) is 35.4 Å². The standard InChI is InChI=1S/C21H24ClN5S/c22-18-8-6-17(7-9-18)21(11-2-3-12-21)24-15-27-20(28)26(16-25-27)14-10-19-5-1-4-13-23-19/h1,4-9,13,16,24H,2-3,10-12,14-15H2. The van der Waals surface area contributed by atoms with E-state index in [2.05, 4.69) is 27.5 Å². The molecule has 0 saturated heterocycles. The number of rotatable bonds is 7. The normalized spacial score (nSPS) is 15.8. The fourth-order valence-corrected chi connectivity index (χ4v) is 4.33. The third-order valence-electron chi connectivity index (χ3n) is 5.55. The van der Waals surface area contributed by atoms with Crippen molar-refractivity contribution in [3.63, 3.8) is 0 Å². The molecule has 1 N–H and O–H groups in total. The number of nitrogens with one attached hydrogen (secondary N) is 1. The lowest BCUT2D eigenvalue weighted by Gasteiger charge is -2.31. The van der Waals surface area contributed by atoms with E-state index in [1.54, 1.807) is 0 Å². The summed E-state index contributed by atoms with van der Waals surface area (Å²) in [4.78, 5) is 4.37. The molecule has 0 unspecified atom stereocenters. The predicted octanol–water partition coefficient (Wildman–Crippen LogP) is 4.72. The van der Waals surface area contributed by atoms with Crippen LogP contribution in [0.5, 0.6) is 0 Å². The average molecular weight is 414 g/mol. The van der Waals surface area contributed by atoms with Crippen LogP contribution >= 0.6 is 23.8 Å². The van der Waals surface area contributed by atoms with E-state index >= 15 is 0 Å². The molecular weight excluding hydrogens is 390 g/mol. The molecule has 0 radical (unpaired) electrons. The number of hydrogen-bond donors (Lipinski definition) is 1. The molecule has 0 spiro atoms. The molecule has 3 aromatic rings. The van der Waals surface area contributed by atoms with Crippen LogP contribution in [0, 0.1) is 4.77 Å². The monoisotopic (exact) mass is 413 g/mol. The third kappa shape index (κ3) is 4.19. The number of hydrogen-bond acceptors (Lipinski definition) is 4. The van der Waals surface area contributed by atoms with Gasteiger partial charge in [-0.05, 0) is 54.9 Å². The zero-order chi connectivity index (χ0) is 19.4. The van der Waals surface area contributed by atoms with Gasteiger partial charge in [0.1, 0.15) is 6.33 Å². The molecule has 1 aliphatic carbocycles. The van der Waals surface area contributed by atoms with Crippen molar-refractivity contribution in [3.05, 3.63) is 76.0 Å². The van der Waals surface area contributed by atoms with Gasteiger partial charge < -0.3 is 4.57 Å². The van der Waals surface area contributed by atoms with Crippen LogP contribution in [0.3, 0.4) is 0 Å². The first-order chi connectivity index (χ1) is 13.7. The van der Waals surface area contributed by atoms with E-state index in [0.29, 0.717) is 6.67 Å². The smallest absolute Gasteiger partial charge is 0.198 e. The van der Waals surface area contributed by atoms with Crippen molar-refractivity contribution in [3.8, 4) is 0 Å². The summed E-state index contributed by atoms with van der Waals surface area (Å²) < 4.78 is 4.60. The first-order valence-corrected chi connectivity index (χ1v) is 10.5. The minimum atomic E-state index is -0.0307. The Morgan fingerprint density at radius 1 is 1.11 bits per heavy atom. The lowest BCUT2D eigenvalue weighted by atomic mass is 9.88. The van der Waals surface area contributed by atoms with Gasteiger partial charge in [0.25, 0.3) is 0 Å². The summed E-state index contributed by atoms with van der Waals surface area (Å²) in [5.41, 5.74) is 2.32. The second kappa shape index (κ2) is 8.55. The zero-order valence-electron chi connectivity index (χ0n) is 15.7. The van der Waals surface area contributed by atoms with Crippen LogP contribution in [0.15, 0.2) is 55.0 Å². The summed E-state index contributed by atoms with van der Waals surface area (Å²) in [6, 6.07) is 14.2. The Morgan fingerprint density at radius 2 is 1.89 bits per heavy atom. The molecule has 1 aromatic carbocycles. The van der Waals surface area contributed by atoms with Crippen molar-refractivity contribution in [1.82, 2.24) is 24.6 Å². The molecule has 28 heavy (non-hydrogen) atoms. The number of nitrogens with zero attached hydrogens (tertiary/aromatic N) is 4. The number of aromatic nitrogens is 4. The van der Waals surface area contributed by atoms with Crippen LogP contribution in [0.25, 0.3) is 0 Å². The van der Waals surface area contributed by atoms with E-state index in [9.17, 15) is 0 Å². The van der Waals surface area contributed by atoms with Crippen LogP contribution in [-0.4, -0.2) is 19.3 Å². The quantitative estimate of drug-likeness (QED) is 0.569. The fraction of sp³-hybridized carbons (Fsp3) is 0.381. The van der Waals surface area contributed by atoms with Crippen LogP contribution < -0.4 is 5.32 Å². The molecule has 2 heterocycles. The van der Waals surface area contributed by atoms with Gasteiger partial charge in [0.15, 0.2) is 4.77 Å². The maximum atomic E-state index is 6.08. The van der Waals surface area contributed by atoms with Gasteiger partial charge in [0.05, 0.1) is 6.67 Å². The van der Waals surface area contributed by atoms with Crippen molar-refractivity contribution in [2.24, 2.45) is 0 Å². The highest BCUT2D eigenvalue weighted by molar-refractivity contribution is 7.71. The highest BCUT2D eigenvalue weighted by Gasteiger charge is 2.35. The van der Waals surface area contributed by atoms with Gasteiger partial charge in [-0.25, -0.2) is 4.68 Å². The second-order valence-corrected chi connectivity index (χ2v) is 8.11. The molecule has 1 fully saturated rings. The van der Waals surface area contributed by atoms with Crippen molar-refractivity contribution >= 4 is 23.8 Å². The van der Waals surface area contributed by atoms with E-state index in [1.807, 2.05) is 52.1 Å². The topological polar surface area (TPSA) is 47.7 Å². The fourth-order valence-electron chi connectivity index (χ4n) is 3.96. The predicted molar refractivity (Wildman–Crippen MR) is 114 cm³/mol. The molecule has 2 aromatic heterocycles. The highest BCUT2D eigenvalue weighted by Crippen LogP contribution is 2.39. The van der Waals surface area contributed by atoms with Gasteiger partial charge in [-0.1, -0.05) is 42.6 Å². The van der Waals surface area contributed by atoms with Crippen molar-refractivity contribution < 1.29 is 0 Å². The molecule has 0 atom stereocenters. The summed E-state index contributed by atoms with van der Waals surface area (Å²) >= 11 is 11.7. The maximum Gasteiger partial charge on any atom is 0.198 e. The van der Waals surface area contributed by atoms with Crippen molar-refractivity contribution in [2.45, 2.75) is 50.9 Å². The number of benzene rings is 1. The first-order valence-electron chi connectivity index (χ1n) is 9.70. The van der Waals surface area contributed by atoms with Gasteiger partial charge in [-0.15, -0.1) is 0 Å². The van der Waals surface area contributed by atoms with Crippen LogP contribution in [-0.2, 0) is 25.2 Å². The zero-order valence-corrected chi connectivity index (χ0v) is 17.3. The summed E-state index contributed by atoms with van der Waals surface area (Å²) in [5, 5.41) is 9.01. The van der Waals surface area contributed by atoms with Crippen molar-refractivity contribution in [2.75, 3.05) is 0 Å². The molecule has 0 bridgehead atoms. The molecule has 0 amide bonds. The number of aryl methyl sites for hydroxylation is 2. The lowest BCUT2D eigenvalue weighted by Crippen LogP contribution is -2.41. The highest BCUT2D eigenvalue weighted by atomic mass is 35.5. The van der Waals surface area contributed by atoms with E-state index < -0.39 is 0 Å². The van der Waals surface area contributed by atoms with Gasteiger partial charge >= 0.3 is 0 Å². The molecule has 1 saturated carbocycles. The minimum Gasteiger partial charge on any atom is -0.306 e. The Morgan fingerprint density at radius 3 is 2.61 bits per heavy atom. The van der Waals surface area contributed by atoms with Gasteiger partial charge in [-0.2, -0.15) is 5.10 Å². The Labute approximate surface area is 175 Å². The Kier molecular flexibility index (Phi) is 5.90. The summed E-state index contributed by atoms with van der Waals surface area (Å²) in [5.74, 6) is 0. The van der Waals surface area contributed by atoms with E-state index in [0.717, 1.165) is 41.3 Å². The summed E-state index contributed by atoms with van der Waals surface area (Å²) in [6.07, 6.45) is 9.14. The first kappa shape index (κ1) is 19.3. The Bertz CT molecular complexity index is 958. The molecule has 0 aliphatic heterocycles. The van der Waals surface area contributed by atoms with Crippen LogP contribution in [0.2, 0.25) is 5.02 Å². The molecule has 146 valence electrons. The summed E-state index contributed by atoms with van der Waals surface area (Å²) in [7, 11) is 0.